The third-order valence-corrected chi connectivity index (χ3v) is 6.72. The SMILES string of the molecule is CCCCNC(=O)C(C)N(Cc1ccccc1Cl)C(=O)CSCc1ccc(Cl)cc1Cl. The maximum absolute atomic E-state index is 13.1. The van der Waals surface area contributed by atoms with Crippen LogP contribution in [-0.4, -0.2) is 35.1 Å². The Morgan fingerprint density at radius 1 is 1.06 bits per heavy atom. The van der Waals surface area contributed by atoms with Gasteiger partial charge in [0.1, 0.15) is 6.04 Å². The van der Waals surface area contributed by atoms with Gasteiger partial charge in [-0.05, 0) is 42.7 Å². The molecule has 1 N–H and O–H groups in total. The van der Waals surface area contributed by atoms with Crippen molar-refractivity contribution in [3.05, 3.63) is 68.7 Å². The van der Waals surface area contributed by atoms with Gasteiger partial charge in [0.05, 0.1) is 5.75 Å². The minimum Gasteiger partial charge on any atom is -0.354 e. The summed E-state index contributed by atoms with van der Waals surface area (Å²) in [4.78, 5) is 27.3. The number of rotatable bonds is 11. The third-order valence-electron chi connectivity index (χ3n) is 4.79. The van der Waals surface area contributed by atoms with Gasteiger partial charge in [-0.25, -0.2) is 0 Å². The number of halogens is 3. The first-order valence-electron chi connectivity index (χ1n) is 10.2. The van der Waals surface area contributed by atoms with Crippen LogP contribution in [0, 0.1) is 0 Å². The average molecular weight is 502 g/mol. The molecule has 31 heavy (non-hydrogen) atoms. The average Bonchev–Trinajstić information content (AvgIpc) is 2.74. The van der Waals surface area contributed by atoms with E-state index in [1.54, 1.807) is 30.0 Å². The summed E-state index contributed by atoms with van der Waals surface area (Å²) in [7, 11) is 0. The molecule has 4 nitrogen and oxygen atoms in total. The van der Waals surface area contributed by atoms with Crippen LogP contribution in [0.1, 0.15) is 37.8 Å². The van der Waals surface area contributed by atoms with Gasteiger partial charge in [-0.15, -0.1) is 11.8 Å². The molecule has 0 fully saturated rings. The Balaban J connectivity index is 2.07. The Hall–Kier alpha value is -1.40. The third kappa shape index (κ3) is 8.23. The molecule has 2 rings (SSSR count). The standard InChI is InChI=1S/C23H27Cl3N2O2S/c1-3-4-11-27-23(30)16(2)28(13-17-7-5-6-8-20(17)25)22(29)15-31-14-18-9-10-19(24)12-21(18)26/h5-10,12,16H,3-4,11,13-15H2,1-2H3,(H,27,30). The monoisotopic (exact) mass is 500 g/mol. The number of carbonyl (C=O) groups is 2. The highest BCUT2D eigenvalue weighted by Gasteiger charge is 2.26. The van der Waals surface area contributed by atoms with Crippen LogP contribution < -0.4 is 5.32 Å². The fourth-order valence-electron chi connectivity index (χ4n) is 2.90. The van der Waals surface area contributed by atoms with E-state index in [-0.39, 0.29) is 24.1 Å². The molecule has 0 aromatic heterocycles. The topological polar surface area (TPSA) is 49.4 Å². The maximum Gasteiger partial charge on any atom is 0.242 e. The smallest absolute Gasteiger partial charge is 0.242 e. The summed E-state index contributed by atoms with van der Waals surface area (Å²) >= 11 is 19.9. The molecule has 2 aromatic rings. The Kier molecular flexibility index (Phi) is 11.0. The molecule has 0 saturated carbocycles. The fraction of sp³-hybridized carbons (Fsp3) is 0.391. The van der Waals surface area contributed by atoms with Crippen molar-refractivity contribution >= 4 is 58.4 Å². The second-order valence-electron chi connectivity index (χ2n) is 7.16. The molecular formula is C23H27Cl3N2O2S. The van der Waals surface area contributed by atoms with Crippen molar-refractivity contribution in [2.75, 3.05) is 12.3 Å². The minimum atomic E-state index is -0.611. The predicted octanol–water partition coefficient (Wildman–Crippen LogP) is 6.21. The first-order chi connectivity index (χ1) is 14.8. The largest absolute Gasteiger partial charge is 0.354 e. The molecule has 1 atom stereocenters. The highest BCUT2D eigenvalue weighted by Crippen LogP contribution is 2.25. The van der Waals surface area contributed by atoms with Gasteiger partial charge in [-0.3, -0.25) is 9.59 Å². The zero-order valence-corrected chi connectivity index (χ0v) is 20.8. The first-order valence-corrected chi connectivity index (χ1v) is 12.4. The maximum atomic E-state index is 13.1. The van der Waals surface area contributed by atoms with Gasteiger partial charge in [-0.2, -0.15) is 0 Å². The van der Waals surface area contributed by atoms with Gasteiger partial charge in [0.15, 0.2) is 0 Å². The van der Waals surface area contributed by atoms with Gasteiger partial charge in [0, 0.05) is 33.9 Å². The first kappa shape index (κ1) is 25.9. The van der Waals surface area contributed by atoms with Gasteiger partial charge >= 0.3 is 0 Å². The summed E-state index contributed by atoms with van der Waals surface area (Å²) < 4.78 is 0. The number of amides is 2. The van der Waals surface area contributed by atoms with E-state index in [0.29, 0.717) is 27.4 Å². The van der Waals surface area contributed by atoms with Gasteiger partial charge in [0.25, 0.3) is 0 Å². The van der Waals surface area contributed by atoms with Gasteiger partial charge in [0.2, 0.25) is 11.8 Å². The quantitative estimate of drug-likeness (QED) is 0.372. The lowest BCUT2D eigenvalue weighted by molar-refractivity contribution is -0.138. The summed E-state index contributed by atoms with van der Waals surface area (Å²) in [6, 6.07) is 12.1. The Morgan fingerprint density at radius 3 is 2.48 bits per heavy atom. The van der Waals surface area contributed by atoms with Crippen LogP contribution >= 0.6 is 46.6 Å². The Bertz CT molecular complexity index is 895. The van der Waals surface area contributed by atoms with Crippen molar-refractivity contribution in [3.63, 3.8) is 0 Å². The van der Waals surface area contributed by atoms with E-state index in [1.807, 2.05) is 24.3 Å². The summed E-state index contributed by atoms with van der Waals surface area (Å²) in [6.07, 6.45) is 1.88. The summed E-state index contributed by atoms with van der Waals surface area (Å²) in [5.41, 5.74) is 1.71. The van der Waals surface area contributed by atoms with E-state index in [9.17, 15) is 9.59 Å². The van der Waals surface area contributed by atoms with E-state index in [0.717, 1.165) is 24.0 Å². The summed E-state index contributed by atoms with van der Waals surface area (Å²) in [6.45, 7) is 4.67. The van der Waals surface area contributed by atoms with Crippen molar-refractivity contribution in [1.82, 2.24) is 10.2 Å². The number of unbranched alkanes of at least 4 members (excludes halogenated alkanes) is 1. The molecule has 0 saturated heterocycles. The second-order valence-corrected chi connectivity index (χ2v) is 9.40. The molecule has 0 spiro atoms. The minimum absolute atomic E-state index is 0.131. The highest BCUT2D eigenvalue weighted by molar-refractivity contribution is 7.99. The van der Waals surface area contributed by atoms with Crippen molar-refractivity contribution in [2.24, 2.45) is 0 Å². The number of hydrogen-bond donors (Lipinski definition) is 1. The van der Waals surface area contributed by atoms with E-state index >= 15 is 0 Å². The zero-order chi connectivity index (χ0) is 22.8. The Labute approximate surface area is 203 Å². The molecular weight excluding hydrogens is 475 g/mol. The zero-order valence-electron chi connectivity index (χ0n) is 17.7. The van der Waals surface area contributed by atoms with Crippen molar-refractivity contribution in [2.45, 2.75) is 45.0 Å². The van der Waals surface area contributed by atoms with Crippen LogP contribution in [0.4, 0.5) is 0 Å². The van der Waals surface area contributed by atoms with Crippen LogP contribution in [-0.2, 0) is 21.9 Å². The van der Waals surface area contributed by atoms with E-state index in [1.165, 1.54) is 11.8 Å². The molecule has 2 amide bonds. The number of carbonyl (C=O) groups excluding carboxylic acids is 2. The van der Waals surface area contributed by atoms with Crippen LogP contribution in [0.25, 0.3) is 0 Å². The second kappa shape index (κ2) is 13.2. The lowest BCUT2D eigenvalue weighted by Gasteiger charge is -2.29. The molecule has 0 aliphatic heterocycles. The molecule has 0 heterocycles. The number of benzene rings is 2. The van der Waals surface area contributed by atoms with Crippen molar-refractivity contribution < 1.29 is 9.59 Å². The number of thioether (sulfide) groups is 1. The molecule has 168 valence electrons. The molecule has 2 aromatic carbocycles. The van der Waals surface area contributed by atoms with Crippen LogP contribution in [0.2, 0.25) is 15.1 Å². The highest BCUT2D eigenvalue weighted by atomic mass is 35.5. The molecule has 1 unspecified atom stereocenters. The van der Waals surface area contributed by atoms with E-state index < -0.39 is 6.04 Å². The number of nitrogens with one attached hydrogen (secondary N) is 1. The molecule has 0 bridgehead atoms. The Morgan fingerprint density at radius 2 is 1.81 bits per heavy atom. The lowest BCUT2D eigenvalue weighted by atomic mass is 10.1. The number of nitrogens with zero attached hydrogens (tertiary/aromatic N) is 1. The van der Waals surface area contributed by atoms with Crippen molar-refractivity contribution in [3.8, 4) is 0 Å². The van der Waals surface area contributed by atoms with Crippen LogP contribution in [0.5, 0.6) is 0 Å². The van der Waals surface area contributed by atoms with Crippen LogP contribution in [0.15, 0.2) is 42.5 Å². The van der Waals surface area contributed by atoms with E-state index in [2.05, 4.69) is 12.2 Å². The molecule has 8 heteroatoms. The molecule has 0 radical (unpaired) electrons. The molecule has 0 aliphatic carbocycles. The predicted molar refractivity (Wildman–Crippen MR) is 132 cm³/mol. The molecule has 0 aliphatic rings. The number of hydrogen-bond acceptors (Lipinski definition) is 3. The summed E-state index contributed by atoms with van der Waals surface area (Å²) in [5.74, 6) is 0.488. The normalized spacial score (nSPS) is 11.8. The summed E-state index contributed by atoms with van der Waals surface area (Å²) in [5, 5.41) is 4.63. The van der Waals surface area contributed by atoms with Gasteiger partial charge < -0.3 is 10.2 Å². The van der Waals surface area contributed by atoms with Gasteiger partial charge in [-0.1, -0.05) is 72.4 Å². The fourth-order valence-corrected chi connectivity index (χ4v) is 4.56. The lowest BCUT2D eigenvalue weighted by Crippen LogP contribution is -2.48. The van der Waals surface area contributed by atoms with Crippen molar-refractivity contribution in [1.29, 1.82) is 0 Å². The van der Waals surface area contributed by atoms with E-state index in [4.69, 9.17) is 34.8 Å². The van der Waals surface area contributed by atoms with Crippen LogP contribution in [0.3, 0.4) is 0 Å².